The lowest BCUT2D eigenvalue weighted by molar-refractivity contribution is 0.176. The van der Waals surface area contributed by atoms with Crippen molar-refractivity contribution in [2.45, 2.75) is 26.5 Å². The summed E-state index contributed by atoms with van der Waals surface area (Å²) >= 11 is 0. The molecule has 0 unspecified atom stereocenters. The molecule has 0 fully saturated rings. The number of nitrogens with zero attached hydrogens (tertiary/aromatic N) is 2. The molecule has 0 saturated heterocycles. The Bertz CT molecular complexity index is 673. The first-order chi connectivity index (χ1) is 10.1. The molecule has 6 heteroatoms. The molecule has 0 spiro atoms. The summed E-state index contributed by atoms with van der Waals surface area (Å²) in [5, 5.41) is 0. The van der Waals surface area contributed by atoms with Crippen molar-refractivity contribution in [3.8, 4) is 11.4 Å². The number of hydrogen-bond acceptors (Lipinski definition) is 4. The molecule has 0 radical (unpaired) electrons. The Hall–Kier alpha value is -2.21. The Morgan fingerprint density at radius 3 is 2.67 bits per heavy atom. The maximum atomic E-state index is 12.5. The SMILES string of the molecule is CCCn1c(COC)c(N)c(=O)n1-c1cccc(OC)c1. The van der Waals surface area contributed by atoms with Gasteiger partial charge in [-0.1, -0.05) is 13.0 Å². The van der Waals surface area contributed by atoms with Gasteiger partial charge >= 0.3 is 0 Å². The Morgan fingerprint density at radius 2 is 2.05 bits per heavy atom. The molecule has 0 atom stereocenters. The van der Waals surface area contributed by atoms with Gasteiger partial charge in [0.05, 0.1) is 25.1 Å². The molecule has 1 aromatic heterocycles. The van der Waals surface area contributed by atoms with Crippen molar-refractivity contribution in [2.75, 3.05) is 20.0 Å². The van der Waals surface area contributed by atoms with Crippen molar-refractivity contribution in [1.82, 2.24) is 9.36 Å². The van der Waals surface area contributed by atoms with Gasteiger partial charge in [-0.25, -0.2) is 4.68 Å². The van der Waals surface area contributed by atoms with E-state index in [1.807, 2.05) is 35.9 Å². The normalized spacial score (nSPS) is 10.8. The second-order valence-electron chi connectivity index (χ2n) is 4.73. The summed E-state index contributed by atoms with van der Waals surface area (Å²) in [5.74, 6) is 0.690. The van der Waals surface area contributed by atoms with E-state index >= 15 is 0 Å². The van der Waals surface area contributed by atoms with E-state index in [9.17, 15) is 4.79 Å². The van der Waals surface area contributed by atoms with Crippen LogP contribution in [0.15, 0.2) is 29.1 Å². The fourth-order valence-electron chi connectivity index (χ4n) is 2.34. The lowest BCUT2D eigenvalue weighted by Gasteiger charge is -2.14. The summed E-state index contributed by atoms with van der Waals surface area (Å²) in [6, 6.07) is 7.34. The average molecular weight is 291 g/mol. The number of anilines is 1. The van der Waals surface area contributed by atoms with Gasteiger partial charge in [0.2, 0.25) is 0 Å². The zero-order valence-corrected chi connectivity index (χ0v) is 12.6. The highest BCUT2D eigenvalue weighted by Gasteiger charge is 2.18. The van der Waals surface area contributed by atoms with Gasteiger partial charge in [0.25, 0.3) is 5.56 Å². The van der Waals surface area contributed by atoms with Crippen molar-refractivity contribution >= 4 is 5.69 Å². The third-order valence-corrected chi connectivity index (χ3v) is 3.30. The second-order valence-corrected chi connectivity index (χ2v) is 4.73. The number of nitrogens with two attached hydrogens (primary N) is 1. The molecule has 2 aromatic rings. The lowest BCUT2D eigenvalue weighted by atomic mass is 10.3. The first kappa shape index (κ1) is 15.2. The molecule has 6 nitrogen and oxygen atoms in total. The van der Waals surface area contributed by atoms with Gasteiger partial charge in [0, 0.05) is 19.7 Å². The van der Waals surface area contributed by atoms with Crippen LogP contribution in [0.5, 0.6) is 5.75 Å². The van der Waals surface area contributed by atoms with Crippen LogP contribution >= 0.6 is 0 Å². The zero-order valence-electron chi connectivity index (χ0n) is 12.6. The molecule has 21 heavy (non-hydrogen) atoms. The van der Waals surface area contributed by atoms with Crippen molar-refractivity contribution in [2.24, 2.45) is 0 Å². The van der Waals surface area contributed by atoms with E-state index in [0.717, 1.165) is 12.1 Å². The summed E-state index contributed by atoms with van der Waals surface area (Å²) in [4.78, 5) is 12.5. The topological polar surface area (TPSA) is 71.4 Å². The fourth-order valence-corrected chi connectivity index (χ4v) is 2.34. The third kappa shape index (κ3) is 2.80. The molecule has 1 heterocycles. The lowest BCUT2D eigenvalue weighted by Crippen LogP contribution is -2.22. The van der Waals surface area contributed by atoms with Crippen molar-refractivity contribution in [3.05, 3.63) is 40.3 Å². The Kier molecular flexibility index (Phi) is 4.70. The van der Waals surface area contributed by atoms with Gasteiger partial charge in [-0.05, 0) is 18.6 Å². The third-order valence-electron chi connectivity index (χ3n) is 3.30. The Morgan fingerprint density at radius 1 is 1.29 bits per heavy atom. The number of nitrogen functional groups attached to an aromatic ring is 1. The average Bonchev–Trinajstić information content (AvgIpc) is 2.73. The minimum atomic E-state index is -0.233. The Balaban J connectivity index is 2.66. The van der Waals surface area contributed by atoms with E-state index in [0.29, 0.717) is 24.6 Å². The zero-order chi connectivity index (χ0) is 15.4. The molecule has 0 saturated carbocycles. The standard InChI is InChI=1S/C15H21N3O3/c1-4-8-17-13(10-20-2)14(16)15(19)18(17)11-6-5-7-12(9-11)21-3/h5-7,9H,4,8,10,16H2,1-3H3. The monoisotopic (exact) mass is 291 g/mol. The predicted molar refractivity (Wildman–Crippen MR) is 82.0 cm³/mol. The van der Waals surface area contributed by atoms with Crippen LogP contribution in [0.3, 0.4) is 0 Å². The molecule has 114 valence electrons. The summed E-state index contributed by atoms with van der Waals surface area (Å²) in [6.45, 7) is 3.04. The van der Waals surface area contributed by atoms with Gasteiger partial charge in [-0.2, -0.15) is 0 Å². The van der Waals surface area contributed by atoms with E-state index in [1.54, 1.807) is 18.9 Å². The predicted octanol–water partition coefficient (Wildman–Crippen LogP) is 1.79. The molecular formula is C15H21N3O3. The van der Waals surface area contributed by atoms with Crippen LogP contribution < -0.4 is 16.0 Å². The van der Waals surface area contributed by atoms with Gasteiger partial charge < -0.3 is 15.2 Å². The van der Waals surface area contributed by atoms with E-state index < -0.39 is 0 Å². The van der Waals surface area contributed by atoms with Gasteiger partial charge in [0.15, 0.2) is 0 Å². The van der Waals surface area contributed by atoms with Crippen LogP contribution in [0.1, 0.15) is 19.0 Å². The van der Waals surface area contributed by atoms with E-state index in [-0.39, 0.29) is 11.2 Å². The minimum absolute atomic E-state index is 0.230. The second kappa shape index (κ2) is 6.49. The van der Waals surface area contributed by atoms with Gasteiger partial charge in [0.1, 0.15) is 11.4 Å². The quantitative estimate of drug-likeness (QED) is 0.880. The van der Waals surface area contributed by atoms with E-state index in [4.69, 9.17) is 15.2 Å². The van der Waals surface area contributed by atoms with Crippen molar-refractivity contribution in [1.29, 1.82) is 0 Å². The highest BCUT2D eigenvalue weighted by atomic mass is 16.5. The van der Waals surface area contributed by atoms with Crippen LogP contribution in [-0.4, -0.2) is 23.6 Å². The first-order valence-electron chi connectivity index (χ1n) is 6.87. The van der Waals surface area contributed by atoms with Gasteiger partial charge in [-0.15, -0.1) is 0 Å². The number of benzene rings is 1. The summed E-state index contributed by atoms with van der Waals surface area (Å²) < 4.78 is 13.8. The Labute approximate surface area is 123 Å². The number of ether oxygens (including phenoxy) is 2. The number of hydrogen-bond donors (Lipinski definition) is 1. The van der Waals surface area contributed by atoms with Crippen LogP contribution in [0.4, 0.5) is 5.69 Å². The van der Waals surface area contributed by atoms with E-state index in [1.165, 1.54) is 0 Å². The molecule has 0 aliphatic carbocycles. The minimum Gasteiger partial charge on any atom is -0.497 e. The molecule has 2 N–H and O–H groups in total. The molecule has 0 aliphatic rings. The number of methoxy groups -OCH3 is 2. The maximum absolute atomic E-state index is 12.5. The molecular weight excluding hydrogens is 270 g/mol. The maximum Gasteiger partial charge on any atom is 0.294 e. The molecule has 2 rings (SSSR count). The molecule has 1 aromatic carbocycles. The van der Waals surface area contributed by atoms with Gasteiger partial charge in [-0.3, -0.25) is 9.48 Å². The number of rotatable bonds is 6. The molecule has 0 aliphatic heterocycles. The summed E-state index contributed by atoms with van der Waals surface area (Å²) in [6.07, 6.45) is 0.883. The molecule has 0 bridgehead atoms. The highest BCUT2D eigenvalue weighted by molar-refractivity contribution is 5.47. The van der Waals surface area contributed by atoms with Crippen LogP contribution in [0.25, 0.3) is 5.69 Å². The fraction of sp³-hybridized carbons (Fsp3) is 0.400. The molecule has 0 amide bonds. The number of aromatic nitrogens is 2. The van der Waals surface area contributed by atoms with Crippen LogP contribution in [0, 0.1) is 0 Å². The van der Waals surface area contributed by atoms with Crippen LogP contribution in [-0.2, 0) is 17.9 Å². The summed E-state index contributed by atoms with van der Waals surface area (Å²) in [5.41, 5.74) is 7.39. The highest BCUT2D eigenvalue weighted by Crippen LogP contribution is 2.19. The smallest absolute Gasteiger partial charge is 0.294 e. The van der Waals surface area contributed by atoms with E-state index in [2.05, 4.69) is 0 Å². The van der Waals surface area contributed by atoms with Crippen molar-refractivity contribution in [3.63, 3.8) is 0 Å². The van der Waals surface area contributed by atoms with Crippen LogP contribution in [0.2, 0.25) is 0 Å². The largest absolute Gasteiger partial charge is 0.497 e. The van der Waals surface area contributed by atoms with Crippen molar-refractivity contribution < 1.29 is 9.47 Å². The summed E-state index contributed by atoms with van der Waals surface area (Å²) in [7, 11) is 3.18. The first-order valence-corrected chi connectivity index (χ1v) is 6.87.